The smallest absolute Gasteiger partial charge is 0.372 e. The van der Waals surface area contributed by atoms with Crippen molar-refractivity contribution in [2.75, 3.05) is 4.90 Å². The number of amides is 1. The lowest BCUT2D eigenvalue weighted by Crippen LogP contribution is -2.26. The number of anilines is 1. The quantitative estimate of drug-likeness (QED) is 0.944. The molecule has 1 aromatic heterocycles. The van der Waals surface area contributed by atoms with Gasteiger partial charge in [0.1, 0.15) is 0 Å². The van der Waals surface area contributed by atoms with E-state index in [0.29, 0.717) is 17.0 Å². The average Bonchev–Trinajstić information content (AvgIpc) is 2.96. The number of halogens is 1. The standard InChI is InChI=1S/C14H10ClNO4/c15-10-2-1-8-5-12(17)16(11(8)6-10)7-9-3-4-20-13(9)14(18)19/h1-4,6H,5,7H2,(H,18,19). The fraction of sp³-hybridized carbons (Fsp3) is 0.143. The zero-order valence-corrected chi connectivity index (χ0v) is 11.1. The van der Waals surface area contributed by atoms with Crippen molar-refractivity contribution in [3.63, 3.8) is 0 Å². The number of carbonyl (C=O) groups is 2. The summed E-state index contributed by atoms with van der Waals surface area (Å²) in [6.07, 6.45) is 1.60. The summed E-state index contributed by atoms with van der Waals surface area (Å²) in [7, 11) is 0. The maximum atomic E-state index is 12.1. The molecule has 0 aliphatic carbocycles. The van der Waals surface area contributed by atoms with Crippen LogP contribution >= 0.6 is 11.6 Å². The van der Waals surface area contributed by atoms with E-state index in [0.717, 1.165) is 11.3 Å². The van der Waals surface area contributed by atoms with Crippen LogP contribution in [0, 0.1) is 0 Å². The molecule has 0 saturated heterocycles. The van der Waals surface area contributed by atoms with Crippen molar-refractivity contribution < 1.29 is 19.1 Å². The van der Waals surface area contributed by atoms with E-state index in [1.807, 2.05) is 6.07 Å². The first-order valence-corrected chi connectivity index (χ1v) is 6.32. The number of carboxylic acid groups (broad SMARTS) is 1. The van der Waals surface area contributed by atoms with Crippen molar-refractivity contribution >= 4 is 29.2 Å². The third kappa shape index (κ3) is 2.06. The third-order valence-electron chi connectivity index (χ3n) is 3.25. The molecule has 0 radical (unpaired) electrons. The SMILES string of the molecule is O=C(O)c1occc1CN1C(=O)Cc2ccc(Cl)cc21. The van der Waals surface area contributed by atoms with Crippen LogP contribution in [0.4, 0.5) is 5.69 Å². The normalized spacial score (nSPS) is 13.7. The highest BCUT2D eigenvalue weighted by molar-refractivity contribution is 6.31. The van der Waals surface area contributed by atoms with Crippen LogP contribution in [0.3, 0.4) is 0 Å². The molecule has 0 fully saturated rings. The zero-order valence-electron chi connectivity index (χ0n) is 10.3. The molecule has 2 heterocycles. The van der Waals surface area contributed by atoms with Gasteiger partial charge in [0.25, 0.3) is 0 Å². The molecular formula is C14H10ClNO4. The lowest BCUT2D eigenvalue weighted by molar-refractivity contribution is -0.117. The van der Waals surface area contributed by atoms with E-state index < -0.39 is 5.97 Å². The molecule has 1 aliphatic heterocycles. The van der Waals surface area contributed by atoms with E-state index in [-0.39, 0.29) is 18.2 Å². The van der Waals surface area contributed by atoms with Crippen LogP contribution in [0.1, 0.15) is 21.7 Å². The Hall–Kier alpha value is -2.27. The highest BCUT2D eigenvalue weighted by Crippen LogP contribution is 2.33. The maximum Gasteiger partial charge on any atom is 0.372 e. The van der Waals surface area contributed by atoms with Crippen LogP contribution in [-0.2, 0) is 17.8 Å². The Balaban J connectivity index is 1.96. The molecule has 2 aromatic rings. The monoisotopic (exact) mass is 291 g/mol. The molecule has 0 saturated carbocycles. The van der Waals surface area contributed by atoms with Gasteiger partial charge in [-0.15, -0.1) is 0 Å². The van der Waals surface area contributed by atoms with Gasteiger partial charge in [0.05, 0.1) is 19.2 Å². The molecule has 0 atom stereocenters. The summed E-state index contributed by atoms with van der Waals surface area (Å²) in [6, 6.07) is 6.81. The maximum absolute atomic E-state index is 12.1. The van der Waals surface area contributed by atoms with Crippen LogP contribution in [0.15, 0.2) is 34.9 Å². The number of hydrogen-bond donors (Lipinski definition) is 1. The van der Waals surface area contributed by atoms with Gasteiger partial charge >= 0.3 is 5.97 Å². The second-order valence-corrected chi connectivity index (χ2v) is 4.95. The van der Waals surface area contributed by atoms with Crippen LogP contribution in [-0.4, -0.2) is 17.0 Å². The van der Waals surface area contributed by atoms with Crippen LogP contribution in [0.2, 0.25) is 5.02 Å². The second kappa shape index (κ2) is 4.68. The Kier molecular flexibility index (Phi) is 2.99. The number of fused-ring (bicyclic) bond motifs is 1. The molecule has 1 N–H and O–H groups in total. The molecule has 6 heteroatoms. The minimum absolute atomic E-state index is 0.0835. The highest BCUT2D eigenvalue weighted by Gasteiger charge is 2.29. The lowest BCUT2D eigenvalue weighted by atomic mass is 10.1. The van der Waals surface area contributed by atoms with E-state index in [1.54, 1.807) is 18.2 Å². The predicted octanol–water partition coefficient (Wildman–Crippen LogP) is 2.72. The first kappa shape index (κ1) is 12.7. The average molecular weight is 292 g/mol. The molecule has 1 aromatic carbocycles. The number of carbonyl (C=O) groups excluding carboxylic acids is 1. The van der Waals surface area contributed by atoms with Crippen LogP contribution in [0.5, 0.6) is 0 Å². The number of aromatic carboxylic acids is 1. The summed E-state index contributed by atoms with van der Waals surface area (Å²) in [5, 5.41) is 9.55. The van der Waals surface area contributed by atoms with Crippen molar-refractivity contribution in [2.24, 2.45) is 0 Å². The van der Waals surface area contributed by atoms with Gasteiger partial charge in [-0.05, 0) is 23.8 Å². The molecular weight excluding hydrogens is 282 g/mol. The molecule has 0 bridgehead atoms. The summed E-state index contributed by atoms with van der Waals surface area (Å²) in [4.78, 5) is 24.6. The Morgan fingerprint density at radius 2 is 2.20 bits per heavy atom. The van der Waals surface area contributed by atoms with Gasteiger partial charge < -0.3 is 14.4 Å². The molecule has 1 aliphatic rings. The predicted molar refractivity (Wildman–Crippen MR) is 72.0 cm³/mol. The Bertz CT molecular complexity index is 707. The minimum atomic E-state index is -1.15. The van der Waals surface area contributed by atoms with Gasteiger partial charge in [-0.3, -0.25) is 4.79 Å². The van der Waals surface area contributed by atoms with Gasteiger partial charge in [-0.1, -0.05) is 17.7 Å². The van der Waals surface area contributed by atoms with E-state index in [4.69, 9.17) is 21.1 Å². The van der Waals surface area contributed by atoms with Crippen LogP contribution < -0.4 is 4.90 Å². The minimum Gasteiger partial charge on any atom is -0.475 e. The molecule has 3 rings (SSSR count). The molecule has 5 nitrogen and oxygen atoms in total. The number of nitrogens with zero attached hydrogens (tertiary/aromatic N) is 1. The van der Waals surface area contributed by atoms with Crippen molar-refractivity contribution in [1.82, 2.24) is 0 Å². The molecule has 0 unspecified atom stereocenters. The Morgan fingerprint density at radius 3 is 2.95 bits per heavy atom. The molecule has 1 amide bonds. The molecule has 0 spiro atoms. The van der Waals surface area contributed by atoms with Crippen molar-refractivity contribution in [1.29, 1.82) is 0 Å². The number of rotatable bonds is 3. The van der Waals surface area contributed by atoms with Crippen molar-refractivity contribution in [3.05, 3.63) is 52.4 Å². The molecule has 20 heavy (non-hydrogen) atoms. The van der Waals surface area contributed by atoms with Crippen LogP contribution in [0.25, 0.3) is 0 Å². The topological polar surface area (TPSA) is 70.8 Å². The lowest BCUT2D eigenvalue weighted by Gasteiger charge is -2.17. The fourth-order valence-electron chi connectivity index (χ4n) is 2.32. The largest absolute Gasteiger partial charge is 0.475 e. The molecule has 102 valence electrons. The van der Waals surface area contributed by atoms with E-state index in [1.165, 1.54) is 11.2 Å². The summed E-state index contributed by atoms with van der Waals surface area (Å²) < 4.78 is 4.92. The summed E-state index contributed by atoms with van der Waals surface area (Å²) in [6.45, 7) is 0.157. The zero-order chi connectivity index (χ0) is 14.3. The van der Waals surface area contributed by atoms with Gasteiger partial charge in [-0.25, -0.2) is 4.79 Å². The van der Waals surface area contributed by atoms with E-state index in [2.05, 4.69) is 0 Å². The number of carboxylic acids is 1. The van der Waals surface area contributed by atoms with E-state index in [9.17, 15) is 9.59 Å². The number of benzene rings is 1. The van der Waals surface area contributed by atoms with Gasteiger partial charge in [0.15, 0.2) is 0 Å². The first-order valence-electron chi connectivity index (χ1n) is 5.94. The first-order chi connectivity index (χ1) is 9.56. The highest BCUT2D eigenvalue weighted by atomic mass is 35.5. The summed E-state index contributed by atoms with van der Waals surface area (Å²) >= 11 is 5.95. The van der Waals surface area contributed by atoms with Gasteiger partial charge in [0, 0.05) is 16.3 Å². The number of hydrogen-bond acceptors (Lipinski definition) is 3. The van der Waals surface area contributed by atoms with E-state index >= 15 is 0 Å². The van der Waals surface area contributed by atoms with Gasteiger partial charge in [0.2, 0.25) is 11.7 Å². The second-order valence-electron chi connectivity index (χ2n) is 4.51. The Labute approximate surface area is 119 Å². The summed E-state index contributed by atoms with van der Waals surface area (Å²) in [5.74, 6) is -1.38. The van der Waals surface area contributed by atoms with Crippen molar-refractivity contribution in [3.8, 4) is 0 Å². The van der Waals surface area contributed by atoms with Crippen molar-refractivity contribution in [2.45, 2.75) is 13.0 Å². The summed E-state index contributed by atoms with van der Waals surface area (Å²) in [5.41, 5.74) is 2.07. The van der Waals surface area contributed by atoms with Gasteiger partial charge in [-0.2, -0.15) is 0 Å². The number of furan rings is 1. The Morgan fingerprint density at radius 1 is 1.40 bits per heavy atom. The fourth-order valence-corrected chi connectivity index (χ4v) is 2.49. The third-order valence-corrected chi connectivity index (χ3v) is 3.49.